The summed E-state index contributed by atoms with van der Waals surface area (Å²) in [5.41, 5.74) is 3.97. The molecule has 2 aliphatic heterocycles. The van der Waals surface area contributed by atoms with Gasteiger partial charge in [0.2, 0.25) is 0 Å². The molecule has 0 bridgehead atoms. The summed E-state index contributed by atoms with van der Waals surface area (Å²) >= 11 is 0. The van der Waals surface area contributed by atoms with Gasteiger partial charge in [-0.15, -0.1) is 0 Å². The fraction of sp³-hybridized carbons (Fsp3) is 0.864. The molecule has 0 aromatic heterocycles. The van der Waals surface area contributed by atoms with E-state index in [2.05, 4.69) is 0 Å². The minimum atomic E-state index is -4.61. The van der Waals surface area contributed by atoms with Crippen LogP contribution in [0.2, 0.25) is 0 Å². The normalized spacial score (nSPS) is 24.0. The van der Waals surface area contributed by atoms with Crippen molar-refractivity contribution < 1.29 is 50.2 Å². The summed E-state index contributed by atoms with van der Waals surface area (Å²) in [6, 6.07) is -0.955. The number of likely N-dealkylation sites (tertiary alicyclic amines) is 2. The molecule has 2 saturated heterocycles. The van der Waals surface area contributed by atoms with Crippen LogP contribution in [0.5, 0.6) is 0 Å². The fourth-order valence-electron chi connectivity index (χ4n) is 3.42. The van der Waals surface area contributed by atoms with Crippen molar-refractivity contribution in [1.82, 2.24) is 9.80 Å². The monoisotopic (exact) mass is 535 g/mol. The zero-order chi connectivity index (χ0) is 28.3. The Labute approximate surface area is 206 Å². The van der Waals surface area contributed by atoms with E-state index in [1.165, 1.54) is 0 Å². The van der Waals surface area contributed by atoms with Gasteiger partial charge in [-0.3, -0.25) is 4.79 Å². The van der Waals surface area contributed by atoms with E-state index in [0.29, 0.717) is 0 Å². The highest BCUT2D eigenvalue weighted by Crippen LogP contribution is 2.33. The second-order valence-electron chi connectivity index (χ2n) is 10.8. The first-order valence-corrected chi connectivity index (χ1v) is 11.4. The van der Waals surface area contributed by atoms with Crippen molar-refractivity contribution in [1.29, 1.82) is 0 Å². The van der Waals surface area contributed by atoms with Crippen LogP contribution in [0.25, 0.3) is 0 Å². The zero-order valence-corrected chi connectivity index (χ0v) is 21.3. The number of halogens is 6. The van der Waals surface area contributed by atoms with Gasteiger partial charge >= 0.3 is 24.5 Å². The third-order valence-corrected chi connectivity index (χ3v) is 5.20. The van der Waals surface area contributed by atoms with Gasteiger partial charge in [-0.25, -0.2) is 9.59 Å². The number of amides is 2. The maximum Gasteiger partial charge on any atom is 0.410 e. The third kappa shape index (κ3) is 10.4. The lowest BCUT2D eigenvalue weighted by atomic mass is 9.92. The lowest BCUT2D eigenvalue weighted by molar-refractivity contribution is -0.190. The standard InChI is InChI=1S/C11H19F3N2O2.C11H16F3NO3/c1-10(2,3)18-9(17)16-5-4-8(15)7(6-16)11(12,13)14;1-10(2,3)18-9(17)15-5-4-8(16)7(6-15)11(12,13)14/h7-8H,4-6,15H2,1-3H3;7H,4-6H2,1-3H3. The maximum absolute atomic E-state index is 12.7. The summed E-state index contributed by atoms with van der Waals surface area (Å²) in [5.74, 6) is -4.65. The van der Waals surface area contributed by atoms with Gasteiger partial charge in [-0.1, -0.05) is 0 Å². The van der Waals surface area contributed by atoms with Crippen LogP contribution in [0.3, 0.4) is 0 Å². The highest BCUT2D eigenvalue weighted by Gasteiger charge is 2.49. The van der Waals surface area contributed by atoms with Crippen LogP contribution in [0.1, 0.15) is 54.4 Å². The molecule has 0 saturated carbocycles. The van der Waals surface area contributed by atoms with Crippen molar-refractivity contribution in [2.45, 2.75) is 84.0 Å². The molecular formula is C22H35F6N3O5. The van der Waals surface area contributed by atoms with Gasteiger partial charge in [0.25, 0.3) is 0 Å². The van der Waals surface area contributed by atoms with Gasteiger partial charge in [-0.05, 0) is 48.0 Å². The van der Waals surface area contributed by atoms with Crippen molar-refractivity contribution in [3.05, 3.63) is 0 Å². The summed E-state index contributed by atoms with van der Waals surface area (Å²) in [7, 11) is 0. The quantitative estimate of drug-likeness (QED) is 0.458. The molecule has 8 nitrogen and oxygen atoms in total. The summed E-state index contributed by atoms with van der Waals surface area (Å²) in [6.45, 7) is 8.97. The molecule has 0 spiro atoms. The van der Waals surface area contributed by atoms with Crippen LogP contribution >= 0.6 is 0 Å². The topological polar surface area (TPSA) is 102 Å². The SMILES string of the molecule is CC(C)(C)OC(=O)N1CCC(=O)C(C(F)(F)F)C1.CC(C)(C)OC(=O)N1CCC(N)C(C(F)(F)F)C1. The summed E-state index contributed by atoms with van der Waals surface area (Å²) < 4.78 is 85.9. The summed E-state index contributed by atoms with van der Waals surface area (Å²) in [4.78, 5) is 36.5. The first-order valence-electron chi connectivity index (χ1n) is 11.4. The van der Waals surface area contributed by atoms with Gasteiger partial charge < -0.3 is 25.0 Å². The molecule has 36 heavy (non-hydrogen) atoms. The number of nitrogens with two attached hydrogens (primary N) is 1. The average molecular weight is 536 g/mol. The number of ether oxygens (including phenoxy) is 2. The maximum atomic E-state index is 12.7. The number of hydrogen-bond acceptors (Lipinski definition) is 6. The Kier molecular flexibility index (Phi) is 10.1. The third-order valence-electron chi connectivity index (χ3n) is 5.20. The highest BCUT2D eigenvalue weighted by atomic mass is 19.4. The van der Waals surface area contributed by atoms with E-state index in [1.807, 2.05) is 0 Å². The van der Waals surface area contributed by atoms with Gasteiger partial charge in [0.1, 0.15) is 22.9 Å². The highest BCUT2D eigenvalue weighted by molar-refractivity contribution is 5.84. The Balaban J connectivity index is 0.000000360. The van der Waals surface area contributed by atoms with Gasteiger partial charge in [-0.2, -0.15) is 26.3 Å². The van der Waals surface area contributed by atoms with Gasteiger partial charge in [0, 0.05) is 38.6 Å². The lowest BCUT2D eigenvalue weighted by Gasteiger charge is -2.38. The number of ketones is 1. The molecule has 2 N–H and O–H groups in total. The molecule has 2 heterocycles. The predicted octanol–water partition coefficient (Wildman–Crippen LogP) is 4.51. The molecule has 0 aliphatic carbocycles. The van der Waals surface area contributed by atoms with Crippen LogP contribution in [0.4, 0.5) is 35.9 Å². The summed E-state index contributed by atoms with van der Waals surface area (Å²) in [5, 5.41) is 0. The number of Topliss-reactive ketones (excluding diaryl/α,β-unsaturated/α-hetero) is 1. The van der Waals surface area contributed by atoms with Gasteiger partial charge in [0.05, 0.1) is 5.92 Å². The Morgan fingerprint density at radius 2 is 1.25 bits per heavy atom. The molecule has 2 aliphatic rings. The second kappa shape index (κ2) is 11.4. The van der Waals surface area contributed by atoms with Crippen LogP contribution in [-0.2, 0) is 14.3 Å². The van der Waals surface area contributed by atoms with Crippen LogP contribution in [0, 0.1) is 11.8 Å². The van der Waals surface area contributed by atoms with E-state index in [9.17, 15) is 40.7 Å². The van der Waals surface area contributed by atoms with Crippen LogP contribution in [-0.4, -0.2) is 83.5 Å². The number of carbonyl (C=O) groups is 3. The molecule has 2 fully saturated rings. The minimum Gasteiger partial charge on any atom is -0.444 e. The second-order valence-corrected chi connectivity index (χ2v) is 10.8. The van der Waals surface area contributed by atoms with E-state index in [0.717, 1.165) is 9.80 Å². The first kappa shape index (κ1) is 31.8. The molecule has 0 radical (unpaired) electrons. The van der Waals surface area contributed by atoms with Crippen LogP contribution < -0.4 is 5.73 Å². The molecule has 0 aromatic carbocycles. The molecule has 3 unspecified atom stereocenters. The number of hydrogen-bond donors (Lipinski definition) is 1. The average Bonchev–Trinajstić information content (AvgIpc) is 2.64. The van der Waals surface area contributed by atoms with E-state index in [1.54, 1.807) is 41.5 Å². The first-order chi connectivity index (χ1) is 16.0. The van der Waals surface area contributed by atoms with E-state index < -0.39 is 72.5 Å². The molecular weight excluding hydrogens is 500 g/mol. The zero-order valence-electron chi connectivity index (χ0n) is 21.3. The van der Waals surface area contributed by atoms with E-state index in [-0.39, 0.29) is 25.9 Å². The molecule has 0 aromatic rings. The van der Waals surface area contributed by atoms with Crippen molar-refractivity contribution in [3.63, 3.8) is 0 Å². The number of alkyl halides is 6. The van der Waals surface area contributed by atoms with Crippen molar-refractivity contribution in [2.24, 2.45) is 17.6 Å². The number of piperidine rings is 2. The molecule has 3 atom stereocenters. The Hall–Kier alpha value is -2.25. The Morgan fingerprint density at radius 1 is 0.806 bits per heavy atom. The lowest BCUT2D eigenvalue weighted by Crippen LogP contribution is -2.54. The van der Waals surface area contributed by atoms with Gasteiger partial charge in [0.15, 0.2) is 0 Å². The van der Waals surface area contributed by atoms with Crippen molar-refractivity contribution >= 4 is 18.0 Å². The minimum absolute atomic E-state index is 0.0275. The number of carbonyl (C=O) groups excluding carboxylic acids is 3. The summed E-state index contributed by atoms with van der Waals surface area (Å²) in [6.07, 6.45) is -10.7. The van der Waals surface area contributed by atoms with Crippen molar-refractivity contribution in [3.8, 4) is 0 Å². The van der Waals surface area contributed by atoms with E-state index in [4.69, 9.17) is 15.2 Å². The van der Waals surface area contributed by atoms with Crippen LogP contribution in [0.15, 0.2) is 0 Å². The Morgan fingerprint density at radius 3 is 1.64 bits per heavy atom. The smallest absolute Gasteiger partial charge is 0.410 e. The fourth-order valence-corrected chi connectivity index (χ4v) is 3.42. The molecule has 2 amide bonds. The molecule has 14 heteroatoms. The molecule has 2 rings (SSSR count). The largest absolute Gasteiger partial charge is 0.444 e. The predicted molar refractivity (Wildman–Crippen MR) is 117 cm³/mol. The molecule has 210 valence electrons. The number of rotatable bonds is 0. The van der Waals surface area contributed by atoms with Crippen molar-refractivity contribution in [2.75, 3.05) is 26.2 Å². The number of nitrogens with zero attached hydrogens (tertiary/aromatic N) is 2. The van der Waals surface area contributed by atoms with E-state index >= 15 is 0 Å². The Bertz CT molecular complexity index is 789.